The maximum absolute atomic E-state index is 10.4. The van der Waals surface area contributed by atoms with Gasteiger partial charge in [0.2, 0.25) is 0 Å². The highest BCUT2D eigenvalue weighted by Crippen LogP contribution is 2.37. The van der Waals surface area contributed by atoms with E-state index >= 15 is 0 Å². The predicted octanol–water partition coefficient (Wildman–Crippen LogP) is 0.650. The lowest BCUT2D eigenvalue weighted by Crippen LogP contribution is -1.91. The van der Waals surface area contributed by atoms with Crippen LogP contribution in [0.15, 0.2) is 24.3 Å². The Morgan fingerprint density at radius 3 is 2.62 bits per heavy atom. The van der Waals surface area contributed by atoms with Crippen molar-refractivity contribution in [1.82, 2.24) is 0 Å². The van der Waals surface area contributed by atoms with Gasteiger partial charge < -0.3 is 9.63 Å². The molecule has 0 spiro atoms. The molecule has 0 radical (unpaired) electrons. The molecule has 5 nitrogen and oxygen atoms in total. The Balaban J connectivity index is 2.84. The number of hydrogen-bond donors (Lipinski definition) is 3. The molecule has 0 saturated carbocycles. The number of phosphoric acid groups is 1. The van der Waals surface area contributed by atoms with Crippen molar-refractivity contribution in [3.8, 4) is 5.75 Å². The summed E-state index contributed by atoms with van der Waals surface area (Å²) in [6, 6.07) is 5.92. The molecular weight excluding hydrogens is 195 g/mol. The van der Waals surface area contributed by atoms with E-state index in [1.165, 1.54) is 18.2 Å². The summed E-state index contributed by atoms with van der Waals surface area (Å²) in [6.07, 6.45) is 0. The lowest BCUT2D eigenvalue weighted by molar-refractivity contribution is 0.276. The molecule has 0 amide bonds. The van der Waals surface area contributed by atoms with Gasteiger partial charge in [-0.05, 0) is 17.7 Å². The predicted molar refractivity (Wildman–Crippen MR) is 45.0 cm³/mol. The van der Waals surface area contributed by atoms with Crippen LogP contribution >= 0.6 is 7.82 Å². The van der Waals surface area contributed by atoms with E-state index < -0.39 is 7.82 Å². The molecule has 0 aliphatic rings. The molecule has 0 bridgehead atoms. The first-order chi connectivity index (χ1) is 6.01. The van der Waals surface area contributed by atoms with E-state index in [-0.39, 0.29) is 12.4 Å². The van der Waals surface area contributed by atoms with Gasteiger partial charge >= 0.3 is 7.82 Å². The Kier molecular flexibility index (Phi) is 3.06. The molecular formula is C7H9O5P. The number of aliphatic hydroxyl groups is 1. The molecule has 72 valence electrons. The van der Waals surface area contributed by atoms with Crippen molar-refractivity contribution in [2.75, 3.05) is 0 Å². The molecule has 0 aromatic heterocycles. The Morgan fingerprint density at radius 2 is 2.08 bits per heavy atom. The molecule has 0 atom stereocenters. The SMILES string of the molecule is O=P(O)(O)Oc1cccc(CO)c1. The Hall–Kier alpha value is -0.870. The van der Waals surface area contributed by atoms with Crippen LogP contribution in [0.4, 0.5) is 0 Å². The van der Waals surface area contributed by atoms with E-state index in [9.17, 15) is 4.57 Å². The van der Waals surface area contributed by atoms with Crippen molar-refractivity contribution in [2.24, 2.45) is 0 Å². The lowest BCUT2D eigenvalue weighted by Gasteiger charge is -2.06. The summed E-state index contributed by atoms with van der Waals surface area (Å²) >= 11 is 0. The van der Waals surface area contributed by atoms with E-state index in [0.29, 0.717) is 5.56 Å². The van der Waals surface area contributed by atoms with Crippen LogP contribution in [0.25, 0.3) is 0 Å². The summed E-state index contributed by atoms with van der Waals surface area (Å²) in [4.78, 5) is 16.9. The highest BCUT2D eigenvalue weighted by Gasteiger charge is 2.15. The minimum atomic E-state index is -4.50. The topological polar surface area (TPSA) is 87.0 Å². The minimum absolute atomic E-state index is 0.0416. The van der Waals surface area contributed by atoms with E-state index in [1.54, 1.807) is 6.07 Å². The van der Waals surface area contributed by atoms with Crippen LogP contribution < -0.4 is 4.52 Å². The average molecular weight is 204 g/mol. The smallest absolute Gasteiger partial charge is 0.404 e. The van der Waals surface area contributed by atoms with Gasteiger partial charge in [0.25, 0.3) is 0 Å². The fourth-order valence-electron chi connectivity index (χ4n) is 0.838. The molecule has 1 rings (SSSR count). The first kappa shape index (κ1) is 10.2. The molecule has 0 fully saturated rings. The Labute approximate surface area is 74.8 Å². The number of hydrogen-bond acceptors (Lipinski definition) is 3. The quantitative estimate of drug-likeness (QED) is 0.629. The molecule has 13 heavy (non-hydrogen) atoms. The van der Waals surface area contributed by atoms with Crippen LogP contribution in [0.2, 0.25) is 0 Å². The monoisotopic (exact) mass is 204 g/mol. The third-order valence-electron chi connectivity index (χ3n) is 1.31. The van der Waals surface area contributed by atoms with E-state index in [1.807, 2.05) is 0 Å². The van der Waals surface area contributed by atoms with Gasteiger partial charge in [-0.25, -0.2) is 4.57 Å². The van der Waals surface area contributed by atoms with Crippen molar-refractivity contribution >= 4 is 7.82 Å². The molecule has 1 aromatic rings. The van der Waals surface area contributed by atoms with Gasteiger partial charge in [-0.2, -0.15) is 0 Å². The van der Waals surface area contributed by atoms with Crippen LogP contribution in [0, 0.1) is 0 Å². The third kappa shape index (κ3) is 3.57. The summed E-state index contributed by atoms with van der Waals surface area (Å²) in [7, 11) is -4.50. The van der Waals surface area contributed by atoms with Crippen molar-refractivity contribution < 1.29 is 24.0 Å². The standard InChI is InChI=1S/C7H9O5P/c8-5-6-2-1-3-7(4-6)12-13(9,10)11/h1-4,8H,5H2,(H2,9,10,11). The number of rotatable bonds is 3. The number of benzene rings is 1. The molecule has 0 heterocycles. The summed E-state index contributed by atoms with van der Waals surface area (Å²) < 4.78 is 14.7. The Bertz CT molecular complexity index is 331. The highest BCUT2D eigenvalue weighted by atomic mass is 31.2. The molecule has 6 heteroatoms. The van der Waals surface area contributed by atoms with Gasteiger partial charge in [0.1, 0.15) is 5.75 Å². The lowest BCUT2D eigenvalue weighted by atomic mass is 10.2. The van der Waals surface area contributed by atoms with E-state index in [4.69, 9.17) is 14.9 Å². The van der Waals surface area contributed by atoms with Gasteiger partial charge in [0, 0.05) is 0 Å². The molecule has 1 aromatic carbocycles. The highest BCUT2D eigenvalue weighted by molar-refractivity contribution is 7.46. The van der Waals surface area contributed by atoms with Crippen LogP contribution in [0.3, 0.4) is 0 Å². The zero-order chi connectivity index (χ0) is 9.90. The fraction of sp³-hybridized carbons (Fsp3) is 0.143. The normalized spacial score (nSPS) is 11.3. The first-order valence-electron chi connectivity index (χ1n) is 3.46. The zero-order valence-corrected chi connectivity index (χ0v) is 7.52. The second kappa shape index (κ2) is 3.89. The Morgan fingerprint density at radius 1 is 1.38 bits per heavy atom. The summed E-state index contributed by atoms with van der Waals surface area (Å²) in [5, 5.41) is 8.71. The molecule has 3 N–H and O–H groups in total. The number of phosphoric ester groups is 1. The molecule has 0 saturated heterocycles. The second-order valence-electron chi connectivity index (χ2n) is 2.39. The van der Waals surface area contributed by atoms with Crippen molar-refractivity contribution in [1.29, 1.82) is 0 Å². The van der Waals surface area contributed by atoms with E-state index in [2.05, 4.69) is 4.52 Å². The largest absolute Gasteiger partial charge is 0.524 e. The minimum Gasteiger partial charge on any atom is -0.404 e. The van der Waals surface area contributed by atoms with Gasteiger partial charge in [-0.15, -0.1) is 0 Å². The van der Waals surface area contributed by atoms with Crippen LogP contribution in [0.5, 0.6) is 5.75 Å². The zero-order valence-electron chi connectivity index (χ0n) is 6.62. The maximum Gasteiger partial charge on any atom is 0.524 e. The average Bonchev–Trinajstić information content (AvgIpc) is 2.01. The maximum atomic E-state index is 10.4. The van der Waals surface area contributed by atoms with Crippen molar-refractivity contribution in [2.45, 2.75) is 6.61 Å². The molecule has 0 aliphatic carbocycles. The number of aliphatic hydroxyl groups excluding tert-OH is 1. The second-order valence-corrected chi connectivity index (χ2v) is 3.55. The molecule has 0 unspecified atom stereocenters. The van der Waals surface area contributed by atoms with E-state index in [0.717, 1.165) is 0 Å². The fourth-order valence-corrected chi connectivity index (χ4v) is 1.23. The van der Waals surface area contributed by atoms with Gasteiger partial charge in [0.05, 0.1) is 6.61 Å². The summed E-state index contributed by atoms with van der Waals surface area (Å²) in [6.45, 7) is -0.196. The van der Waals surface area contributed by atoms with Gasteiger partial charge in [-0.1, -0.05) is 12.1 Å². The summed E-state index contributed by atoms with van der Waals surface area (Å²) in [5.74, 6) is 0.0416. The van der Waals surface area contributed by atoms with Gasteiger partial charge in [-0.3, -0.25) is 9.79 Å². The third-order valence-corrected chi connectivity index (χ3v) is 1.75. The van der Waals surface area contributed by atoms with Crippen LogP contribution in [0.1, 0.15) is 5.56 Å². The van der Waals surface area contributed by atoms with Crippen molar-refractivity contribution in [3.05, 3.63) is 29.8 Å². The van der Waals surface area contributed by atoms with Crippen LogP contribution in [-0.2, 0) is 11.2 Å². The van der Waals surface area contributed by atoms with Crippen LogP contribution in [-0.4, -0.2) is 14.9 Å². The molecule has 0 aliphatic heterocycles. The van der Waals surface area contributed by atoms with Crippen molar-refractivity contribution in [3.63, 3.8) is 0 Å². The van der Waals surface area contributed by atoms with Gasteiger partial charge in [0.15, 0.2) is 0 Å². The summed E-state index contributed by atoms with van der Waals surface area (Å²) in [5.41, 5.74) is 0.533. The first-order valence-corrected chi connectivity index (χ1v) is 4.99.